The van der Waals surface area contributed by atoms with Crippen molar-refractivity contribution in [2.75, 3.05) is 4.90 Å². The number of anilines is 1. The van der Waals surface area contributed by atoms with Crippen LogP contribution in [0.1, 0.15) is 16.7 Å². The van der Waals surface area contributed by atoms with E-state index in [1.165, 1.54) is 16.8 Å². The molecule has 0 saturated heterocycles. The topological polar surface area (TPSA) is 35.8 Å². The number of aliphatic imine (C=N–C) groups is 1. The van der Waals surface area contributed by atoms with Crippen molar-refractivity contribution in [3.05, 3.63) is 102 Å². The number of phenolic OH excluding ortho intramolecular Hbond substituents is 1. The number of benzene rings is 4. The van der Waals surface area contributed by atoms with Crippen LogP contribution in [0.25, 0.3) is 10.8 Å². The van der Waals surface area contributed by atoms with Gasteiger partial charge in [0.1, 0.15) is 5.75 Å². The van der Waals surface area contributed by atoms with E-state index in [1.54, 1.807) is 12.3 Å². The SMILES string of the molecule is Oc1ccc2ccccc2c1C=Nc1ccc(N2Cc3ccccc3C2)cc1. The first-order valence-electron chi connectivity index (χ1n) is 9.44. The summed E-state index contributed by atoms with van der Waals surface area (Å²) in [6.07, 6.45) is 1.75. The molecule has 1 N–H and O–H groups in total. The van der Waals surface area contributed by atoms with Gasteiger partial charge >= 0.3 is 0 Å². The number of phenols is 1. The van der Waals surface area contributed by atoms with E-state index in [2.05, 4.69) is 46.3 Å². The highest BCUT2D eigenvalue weighted by Gasteiger charge is 2.18. The third kappa shape index (κ3) is 3.01. The predicted octanol–water partition coefficient (Wildman–Crippen LogP) is 5.82. The minimum atomic E-state index is 0.244. The molecule has 1 aliphatic heterocycles. The van der Waals surface area contributed by atoms with Crippen LogP contribution in [0.15, 0.2) is 89.9 Å². The Morgan fingerprint density at radius 2 is 1.43 bits per heavy atom. The minimum Gasteiger partial charge on any atom is -0.507 e. The Hall–Kier alpha value is -3.59. The smallest absolute Gasteiger partial charge is 0.124 e. The van der Waals surface area contributed by atoms with Crippen LogP contribution in [0, 0.1) is 0 Å². The molecule has 0 amide bonds. The Labute approximate surface area is 164 Å². The molecular weight excluding hydrogens is 344 g/mol. The summed E-state index contributed by atoms with van der Waals surface area (Å²) in [5.41, 5.74) is 5.61. The average Bonchev–Trinajstić information content (AvgIpc) is 3.18. The van der Waals surface area contributed by atoms with Crippen LogP contribution in [0.3, 0.4) is 0 Å². The molecule has 0 aromatic heterocycles. The van der Waals surface area contributed by atoms with E-state index in [0.717, 1.165) is 35.1 Å². The van der Waals surface area contributed by atoms with E-state index >= 15 is 0 Å². The lowest BCUT2D eigenvalue weighted by atomic mass is 10.0. The number of hydrogen-bond donors (Lipinski definition) is 1. The Bertz CT molecular complexity index is 1150. The maximum absolute atomic E-state index is 10.3. The Balaban J connectivity index is 1.38. The molecule has 1 aliphatic rings. The van der Waals surface area contributed by atoms with Crippen molar-refractivity contribution in [1.29, 1.82) is 0 Å². The molecule has 0 unspecified atom stereocenters. The summed E-state index contributed by atoms with van der Waals surface area (Å²) in [4.78, 5) is 6.96. The van der Waals surface area contributed by atoms with Crippen LogP contribution in [0.2, 0.25) is 0 Å². The standard InChI is InChI=1S/C25H20N2O/c28-25-14-9-18-5-3-4-8-23(18)24(25)15-26-21-10-12-22(13-11-21)27-16-19-6-1-2-7-20(19)17-27/h1-15,28H,16-17H2. The first-order valence-corrected chi connectivity index (χ1v) is 9.44. The number of hydrogen-bond acceptors (Lipinski definition) is 3. The van der Waals surface area contributed by atoms with Crippen molar-refractivity contribution < 1.29 is 5.11 Å². The summed E-state index contributed by atoms with van der Waals surface area (Å²) in [6.45, 7) is 1.89. The molecule has 0 fully saturated rings. The van der Waals surface area contributed by atoms with Crippen LogP contribution < -0.4 is 4.90 Å². The van der Waals surface area contributed by atoms with Crippen molar-refractivity contribution >= 4 is 28.4 Å². The highest BCUT2D eigenvalue weighted by Crippen LogP contribution is 2.30. The lowest BCUT2D eigenvalue weighted by Gasteiger charge is -2.17. The molecule has 136 valence electrons. The van der Waals surface area contributed by atoms with E-state index in [9.17, 15) is 5.11 Å². The third-order valence-corrected chi connectivity index (χ3v) is 5.35. The van der Waals surface area contributed by atoms with Gasteiger partial charge < -0.3 is 10.0 Å². The Kier molecular flexibility index (Phi) is 4.06. The van der Waals surface area contributed by atoms with Crippen LogP contribution >= 0.6 is 0 Å². The summed E-state index contributed by atoms with van der Waals surface area (Å²) in [6, 6.07) is 28.5. The van der Waals surface area contributed by atoms with Gasteiger partial charge in [-0.25, -0.2) is 0 Å². The number of nitrogens with zero attached hydrogens (tertiary/aromatic N) is 2. The minimum absolute atomic E-state index is 0.244. The monoisotopic (exact) mass is 364 g/mol. The van der Waals surface area contributed by atoms with Crippen molar-refractivity contribution in [2.45, 2.75) is 13.1 Å². The quantitative estimate of drug-likeness (QED) is 0.465. The molecule has 3 nitrogen and oxygen atoms in total. The zero-order valence-electron chi connectivity index (χ0n) is 15.4. The van der Waals surface area contributed by atoms with Crippen LogP contribution in [0.5, 0.6) is 5.75 Å². The number of aromatic hydroxyl groups is 1. The van der Waals surface area contributed by atoms with Crippen LogP contribution in [0.4, 0.5) is 11.4 Å². The fourth-order valence-electron chi connectivity index (χ4n) is 3.82. The van der Waals surface area contributed by atoms with Gasteiger partial charge in [-0.05, 0) is 52.2 Å². The summed E-state index contributed by atoms with van der Waals surface area (Å²) in [7, 11) is 0. The summed E-state index contributed by atoms with van der Waals surface area (Å²) in [5, 5.41) is 12.3. The second-order valence-corrected chi connectivity index (χ2v) is 7.12. The molecule has 4 aromatic carbocycles. The number of fused-ring (bicyclic) bond motifs is 2. The zero-order valence-corrected chi connectivity index (χ0v) is 15.4. The molecule has 0 atom stereocenters. The van der Waals surface area contributed by atoms with E-state index in [1.807, 2.05) is 42.5 Å². The fourth-order valence-corrected chi connectivity index (χ4v) is 3.82. The van der Waals surface area contributed by atoms with Gasteiger partial charge in [0.2, 0.25) is 0 Å². The average molecular weight is 364 g/mol. The maximum atomic E-state index is 10.3. The molecular formula is C25H20N2O. The largest absolute Gasteiger partial charge is 0.507 e. The second kappa shape index (κ2) is 6.86. The third-order valence-electron chi connectivity index (χ3n) is 5.35. The van der Waals surface area contributed by atoms with Gasteiger partial charge in [0.05, 0.1) is 5.69 Å². The molecule has 3 heteroatoms. The van der Waals surface area contributed by atoms with Crippen molar-refractivity contribution in [3.8, 4) is 5.75 Å². The van der Waals surface area contributed by atoms with Crippen LogP contribution in [-0.2, 0) is 13.1 Å². The maximum Gasteiger partial charge on any atom is 0.124 e. The molecule has 0 spiro atoms. The van der Waals surface area contributed by atoms with Gasteiger partial charge in [0.15, 0.2) is 0 Å². The molecule has 0 radical (unpaired) electrons. The lowest BCUT2D eigenvalue weighted by molar-refractivity contribution is 0.475. The normalized spacial score (nSPS) is 13.4. The van der Waals surface area contributed by atoms with E-state index in [-0.39, 0.29) is 5.75 Å². The van der Waals surface area contributed by atoms with E-state index in [0.29, 0.717) is 0 Å². The van der Waals surface area contributed by atoms with Gasteiger partial charge in [-0.2, -0.15) is 0 Å². The highest BCUT2D eigenvalue weighted by atomic mass is 16.3. The molecule has 0 aliphatic carbocycles. The lowest BCUT2D eigenvalue weighted by Crippen LogP contribution is -2.13. The summed E-state index contributed by atoms with van der Waals surface area (Å²) in [5.74, 6) is 0.244. The first kappa shape index (κ1) is 16.6. The summed E-state index contributed by atoms with van der Waals surface area (Å²) >= 11 is 0. The number of rotatable bonds is 3. The molecule has 0 bridgehead atoms. The van der Waals surface area contributed by atoms with Crippen LogP contribution in [-0.4, -0.2) is 11.3 Å². The highest BCUT2D eigenvalue weighted by molar-refractivity contribution is 6.03. The predicted molar refractivity (Wildman–Crippen MR) is 116 cm³/mol. The van der Waals surface area contributed by atoms with Gasteiger partial charge in [0, 0.05) is 30.6 Å². The van der Waals surface area contributed by atoms with Crippen molar-refractivity contribution in [2.24, 2.45) is 4.99 Å². The van der Waals surface area contributed by atoms with Gasteiger partial charge in [0.25, 0.3) is 0 Å². The zero-order chi connectivity index (χ0) is 18.9. The Morgan fingerprint density at radius 1 is 0.750 bits per heavy atom. The van der Waals surface area contributed by atoms with E-state index in [4.69, 9.17) is 0 Å². The first-order chi connectivity index (χ1) is 13.8. The van der Waals surface area contributed by atoms with Gasteiger partial charge in [-0.1, -0.05) is 54.6 Å². The Morgan fingerprint density at radius 3 is 2.18 bits per heavy atom. The van der Waals surface area contributed by atoms with Gasteiger partial charge in [-0.15, -0.1) is 0 Å². The van der Waals surface area contributed by atoms with Gasteiger partial charge in [-0.3, -0.25) is 4.99 Å². The molecule has 28 heavy (non-hydrogen) atoms. The van der Waals surface area contributed by atoms with E-state index < -0.39 is 0 Å². The van der Waals surface area contributed by atoms with Crippen molar-refractivity contribution in [3.63, 3.8) is 0 Å². The van der Waals surface area contributed by atoms with Crippen molar-refractivity contribution in [1.82, 2.24) is 0 Å². The molecule has 4 aromatic rings. The molecule has 5 rings (SSSR count). The summed E-state index contributed by atoms with van der Waals surface area (Å²) < 4.78 is 0. The fraction of sp³-hybridized carbons (Fsp3) is 0.0800. The molecule has 0 saturated carbocycles. The second-order valence-electron chi connectivity index (χ2n) is 7.12. The molecule has 1 heterocycles.